The number of rotatable bonds is 5. The highest BCUT2D eigenvalue weighted by Crippen LogP contribution is 2.44. The van der Waals surface area contributed by atoms with E-state index < -0.39 is 34.7 Å². The predicted molar refractivity (Wildman–Crippen MR) is 132 cm³/mol. The number of carboxylic acid groups (broad SMARTS) is 1. The van der Waals surface area contributed by atoms with Crippen LogP contribution in [-0.4, -0.2) is 31.1 Å². The van der Waals surface area contributed by atoms with Gasteiger partial charge >= 0.3 is 12.1 Å². The van der Waals surface area contributed by atoms with Crippen LogP contribution in [0.5, 0.6) is 0 Å². The van der Waals surface area contributed by atoms with E-state index in [9.17, 15) is 32.6 Å². The number of halogens is 4. The fourth-order valence-corrected chi connectivity index (χ4v) is 5.55. The summed E-state index contributed by atoms with van der Waals surface area (Å²) in [7, 11) is 0. The van der Waals surface area contributed by atoms with E-state index in [1.807, 2.05) is 0 Å². The van der Waals surface area contributed by atoms with Gasteiger partial charge in [-0.2, -0.15) is 13.2 Å². The number of aryl methyl sites for hydroxylation is 1. The number of nitrogens with one attached hydrogen (secondary N) is 1. The molecular formula is C26H20F4N4O3S. The summed E-state index contributed by atoms with van der Waals surface area (Å²) in [4.78, 5) is 24.7. The quantitative estimate of drug-likeness (QED) is 0.261. The van der Waals surface area contributed by atoms with Crippen LogP contribution < -0.4 is 5.32 Å². The maximum atomic E-state index is 14.9. The molecule has 1 unspecified atom stereocenters. The van der Waals surface area contributed by atoms with Gasteiger partial charge in [0.2, 0.25) is 0 Å². The maximum absolute atomic E-state index is 14.9. The van der Waals surface area contributed by atoms with Gasteiger partial charge in [0.25, 0.3) is 0 Å². The fourth-order valence-electron chi connectivity index (χ4n) is 4.54. The Bertz CT molecular complexity index is 1560. The molecule has 1 aliphatic carbocycles. The third-order valence-electron chi connectivity index (χ3n) is 6.31. The number of carbonyl (C=O) groups is 1. The summed E-state index contributed by atoms with van der Waals surface area (Å²) >= 11 is 1.15. The van der Waals surface area contributed by atoms with Crippen molar-refractivity contribution in [1.29, 1.82) is 0 Å². The van der Waals surface area contributed by atoms with Crippen molar-refractivity contribution in [2.24, 2.45) is 0 Å². The second kappa shape index (κ2) is 9.44. The molecule has 3 heterocycles. The zero-order chi connectivity index (χ0) is 27.2. The molecule has 5 rings (SSSR count). The summed E-state index contributed by atoms with van der Waals surface area (Å²) in [6.45, 7) is 1.80. The molecule has 0 aliphatic heterocycles. The number of fused-ring (bicyclic) bond motifs is 1. The summed E-state index contributed by atoms with van der Waals surface area (Å²) in [5.41, 5.74) is -1.23. The minimum Gasteiger partial charge on any atom is -0.478 e. The second-order valence-corrected chi connectivity index (χ2v) is 10.0. The summed E-state index contributed by atoms with van der Waals surface area (Å²) in [6, 6.07) is 7.75. The maximum Gasteiger partial charge on any atom is 0.416 e. The van der Waals surface area contributed by atoms with Crippen molar-refractivity contribution in [2.45, 2.75) is 38.0 Å². The van der Waals surface area contributed by atoms with Crippen LogP contribution in [0.25, 0.3) is 10.6 Å². The highest BCUT2D eigenvalue weighted by Gasteiger charge is 2.41. The van der Waals surface area contributed by atoms with Crippen LogP contribution in [0.3, 0.4) is 0 Å². The van der Waals surface area contributed by atoms with E-state index in [-0.39, 0.29) is 29.2 Å². The Morgan fingerprint density at radius 1 is 1.13 bits per heavy atom. The van der Waals surface area contributed by atoms with Gasteiger partial charge in [-0.15, -0.1) is 11.3 Å². The zero-order valence-corrected chi connectivity index (χ0v) is 20.6. The van der Waals surface area contributed by atoms with E-state index in [2.05, 4.69) is 20.3 Å². The molecule has 38 heavy (non-hydrogen) atoms. The average Bonchev–Trinajstić information content (AvgIpc) is 3.35. The average molecular weight is 545 g/mol. The van der Waals surface area contributed by atoms with Crippen LogP contribution >= 0.6 is 11.3 Å². The molecular weight excluding hydrogens is 524 g/mol. The molecule has 1 atom stereocenters. The number of benzene rings is 1. The monoisotopic (exact) mass is 544 g/mol. The number of alkyl halides is 3. The lowest BCUT2D eigenvalue weighted by Gasteiger charge is -2.33. The Balaban J connectivity index is 1.48. The Hall–Kier alpha value is -3.90. The van der Waals surface area contributed by atoms with Crippen LogP contribution in [0.1, 0.15) is 50.5 Å². The molecule has 0 radical (unpaired) electrons. The molecule has 0 saturated heterocycles. The summed E-state index contributed by atoms with van der Waals surface area (Å²) in [5.74, 6) is -1.99. The number of thiazole rings is 1. The first-order valence-corrected chi connectivity index (χ1v) is 12.3. The predicted octanol–water partition coefficient (Wildman–Crippen LogP) is 6.08. The van der Waals surface area contributed by atoms with Crippen molar-refractivity contribution in [3.8, 4) is 10.6 Å². The molecule has 0 bridgehead atoms. The van der Waals surface area contributed by atoms with Crippen LogP contribution in [0.15, 0.2) is 48.8 Å². The number of aromatic nitrogens is 3. The largest absolute Gasteiger partial charge is 0.478 e. The van der Waals surface area contributed by atoms with E-state index in [1.54, 1.807) is 19.1 Å². The van der Waals surface area contributed by atoms with Crippen molar-refractivity contribution >= 4 is 28.9 Å². The SMILES string of the molecule is Cc1cc(Nc2cc(C(F)(F)F)ccn2)nc(-c2cnc(C3(O)CCCc4c3ccc(C(=O)O)c4F)s2)c1. The highest BCUT2D eigenvalue weighted by molar-refractivity contribution is 7.15. The van der Waals surface area contributed by atoms with Crippen molar-refractivity contribution in [1.82, 2.24) is 15.0 Å². The van der Waals surface area contributed by atoms with Gasteiger partial charge < -0.3 is 15.5 Å². The first-order valence-electron chi connectivity index (χ1n) is 11.5. The minimum absolute atomic E-state index is 0.0234. The number of aromatic carboxylic acids is 1. The first-order chi connectivity index (χ1) is 18.0. The molecule has 4 aromatic rings. The number of aliphatic hydroxyl groups is 1. The van der Waals surface area contributed by atoms with E-state index in [0.29, 0.717) is 28.4 Å². The van der Waals surface area contributed by atoms with E-state index in [4.69, 9.17) is 0 Å². The molecule has 3 N–H and O–H groups in total. The van der Waals surface area contributed by atoms with Gasteiger partial charge in [0.1, 0.15) is 28.1 Å². The number of carboxylic acids is 1. The topological polar surface area (TPSA) is 108 Å². The summed E-state index contributed by atoms with van der Waals surface area (Å²) in [6.07, 6.45) is -0.946. The number of pyridine rings is 2. The zero-order valence-electron chi connectivity index (χ0n) is 19.8. The smallest absolute Gasteiger partial charge is 0.416 e. The van der Waals surface area contributed by atoms with Gasteiger partial charge in [-0.25, -0.2) is 24.1 Å². The molecule has 0 saturated carbocycles. The Labute approximate surface area is 217 Å². The van der Waals surface area contributed by atoms with Gasteiger partial charge in [-0.1, -0.05) is 6.07 Å². The number of anilines is 2. The van der Waals surface area contributed by atoms with Crippen molar-refractivity contribution in [3.63, 3.8) is 0 Å². The Kier molecular flexibility index (Phi) is 6.40. The lowest BCUT2D eigenvalue weighted by molar-refractivity contribution is -0.137. The molecule has 0 fully saturated rings. The van der Waals surface area contributed by atoms with E-state index in [1.165, 1.54) is 12.3 Å². The second-order valence-electron chi connectivity index (χ2n) is 8.97. The molecule has 1 aromatic carbocycles. The molecule has 0 amide bonds. The standard InChI is InChI=1S/C26H20F4N4O3S/c1-13-9-18(33-21(10-13)34-20-11-14(6-8-31-20)26(28,29)30)19-12-32-24(38-19)25(37)7-2-3-15-17(25)5-4-16(22(15)27)23(35)36/h4-6,8-12,37H,2-3,7H2,1H3,(H,35,36)(H,31,33,34). The minimum atomic E-state index is -4.51. The number of hydrogen-bond acceptors (Lipinski definition) is 7. The van der Waals surface area contributed by atoms with E-state index in [0.717, 1.165) is 41.3 Å². The van der Waals surface area contributed by atoms with Gasteiger partial charge in [0.15, 0.2) is 0 Å². The summed E-state index contributed by atoms with van der Waals surface area (Å²) in [5, 5.41) is 24.0. The summed E-state index contributed by atoms with van der Waals surface area (Å²) < 4.78 is 54.1. The third-order valence-corrected chi connectivity index (χ3v) is 7.48. The van der Waals surface area contributed by atoms with Gasteiger partial charge in [-0.05, 0) is 73.2 Å². The van der Waals surface area contributed by atoms with Crippen LogP contribution in [0.2, 0.25) is 0 Å². The highest BCUT2D eigenvalue weighted by atomic mass is 32.1. The van der Waals surface area contributed by atoms with Gasteiger partial charge in [0.05, 0.1) is 21.7 Å². The molecule has 3 aromatic heterocycles. The van der Waals surface area contributed by atoms with Gasteiger partial charge in [-0.3, -0.25) is 0 Å². The van der Waals surface area contributed by atoms with Gasteiger partial charge in [0, 0.05) is 12.4 Å². The molecule has 0 spiro atoms. The molecule has 12 heteroatoms. The molecule has 196 valence electrons. The molecule has 7 nitrogen and oxygen atoms in total. The normalized spacial score (nSPS) is 17.2. The van der Waals surface area contributed by atoms with Crippen molar-refractivity contribution in [3.05, 3.63) is 87.4 Å². The Morgan fingerprint density at radius 2 is 1.92 bits per heavy atom. The van der Waals surface area contributed by atoms with Crippen LogP contribution in [-0.2, 0) is 18.2 Å². The number of hydrogen-bond donors (Lipinski definition) is 3. The first kappa shape index (κ1) is 25.7. The van der Waals surface area contributed by atoms with Crippen molar-refractivity contribution in [2.75, 3.05) is 5.32 Å². The van der Waals surface area contributed by atoms with Crippen molar-refractivity contribution < 1.29 is 32.6 Å². The van der Waals surface area contributed by atoms with Crippen LogP contribution in [0, 0.1) is 12.7 Å². The fraction of sp³-hybridized carbons (Fsp3) is 0.231. The van der Waals surface area contributed by atoms with E-state index >= 15 is 0 Å². The Morgan fingerprint density at radius 3 is 2.66 bits per heavy atom. The number of nitrogens with zero attached hydrogens (tertiary/aromatic N) is 3. The molecule has 1 aliphatic rings. The van der Waals surface area contributed by atoms with Crippen LogP contribution in [0.4, 0.5) is 29.2 Å². The lowest BCUT2D eigenvalue weighted by Crippen LogP contribution is -2.32. The third kappa shape index (κ3) is 4.72. The lowest BCUT2D eigenvalue weighted by atomic mass is 9.78.